The van der Waals surface area contributed by atoms with Crippen molar-refractivity contribution in [3.63, 3.8) is 0 Å². The standard InChI is InChI=1S/C43H29N3O/c1-43(2)32-19-11-9-17-29(32)37-33(43)23-24-35-38(37)30-18-10-12-20-34(30)46(35)28-21-22-31-36(25-28)47-41-39(26-13-5-3-6-14-26)44-42(45-40(31)41)27-15-7-4-8-16-27/h3-25H,1-2H3. The van der Waals surface area contributed by atoms with Gasteiger partial charge in [0.1, 0.15) is 16.8 Å². The molecule has 222 valence electrons. The van der Waals surface area contributed by atoms with Crippen LogP contribution >= 0.6 is 0 Å². The van der Waals surface area contributed by atoms with E-state index in [4.69, 9.17) is 14.4 Å². The van der Waals surface area contributed by atoms with E-state index in [0.717, 1.165) is 39.0 Å². The first-order valence-corrected chi connectivity index (χ1v) is 16.1. The van der Waals surface area contributed by atoms with Gasteiger partial charge in [0.25, 0.3) is 0 Å². The van der Waals surface area contributed by atoms with E-state index in [-0.39, 0.29) is 5.41 Å². The van der Waals surface area contributed by atoms with Gasteiger partial charge in [0, 0.05) is 44.5 Å². The summed E-state index contributed by atoms with van der Waals surface area (Å²) in [6.07, 6.45) is 0. The monoisotopic (exact) mass is 603 g/mol. The highest BCUT2D eigenvalue weighted by molar-refractivity contribution is 6.18. The van der Waals surface area contributed by atoms with Gasteiger partial charge >= 0.3 is 0 Å². The lowest BCUT2D eigenvalue weighted by Crippen LogP contribution is -2.14. The molecule has 0 N–H and O–H groups in total. The van der Waals surface area contributed by atoms with Crippen LogP contribution in [0.1, 0.15) is 25.0 Å². The third kappa shape index (κ3) is 3.64. The van der Waals surface area contributed by atoms with E-state index >= 15 is 0 Å². The van der Waals surface area contributed by atoms with Gasteiger partial charge in [-0.05, 0) is 46.5 Å². The van der Waals surface area contributed by atoms with Crippen molar-refractivity contribution < 1.29 is 4.42 Å². The van der Waals surface area contributed by atoms with Crippen molar-refractivity contribution in [3.8, 4) is 39.5 Å². The van der Waals surface area contributed by atoms with Gasteiger partial charge in [0.15, 0.2) is 11.4 Å². The number of fused-ring (bicyclic) bond motifs is 10. The predicted octanol–water partition coefficient (Wildman–Crippen LogP) is 11.1. The fourth-order valence-electron chi connectivity index (χ4n) is 7.81. The maximum atomic E-state index is 6.70. The largest absolute Gasteiger partial charge is 0.452 e. The van der Waals surface area contributed by atoms with Crippen LogP contribution in [0, 0.1) is 0 Å². The Morgan fingerprint density at radius 1 is 0.596 bits per heavy atom. The Morgan fingerprint density at radius 2 is 1.32 bits per heavy atom. The second kappa shape index (κ2) is 9.51. The minimum absolute atomic E-state index is 0.0629. The fourth-order valence-corrected chi connectivity index (χ4v) is 7.81. The molecule has 0 fully saturated rings. The Hall–Kier alpha value is -6.00. The minimum atomic E-state index is -0.0629. The van der Waals surface area contributed by atoms with Gasteiger partial charge in [0.2, 0.25) is 0 Å². The van der Waals surface area contributed by atoms with Gasteiger partial charge in [-0.2, -0.15) is 0 Å². The van der Waals surface area contributed by atoms with Gasteiger partial charge in [0.05, 0.1) is 11.0 Å². The third-order valence-electron chi connectivity index (χ3n) is 10.0. The van der Waals surface area contributed by atoms with Gasteiger partial charge in [-0.25, -0.2) is 9.97 Å². The summed E-state index contributed by atoms with van der Waals surface area (Å²) in [5, 5.41) is 3.52. The van der Waals surface area contributed by atoms with Crippen LogP contribution in [0.3, 0.4) is 0 Å². The number of aromatic nitrogens is 3. The Morgan fingerprint density at radius 3 is 2.15 bits per heavy atom. The summed E-state index contributed by atoms with van der Waals surface area (Å²) < 4.78 is 9.08. The van der Waals surface area contributed by atoms with E-state index in [1.807, 2.05) is 36.4 Å². The van der Waals surface area contributed by atoms with Crippen molar-refractivity contribution in [1.82, 2.24) is 14.5 Å². The molecule has 1 aliphatic rings. The SMILES string of the molecule is CC1(C)c2ccccc2-c2c1ccc1c2c2ccccc2n1-c1ccc2c(c1)oc1c(-c3ccccc3)nc(-c3ccccc3)nc12. The molecule has 0 amide bonds. The molecule has 47 heavy (non-hydrogen) atoms. The number of hydrogen-bond donors (Lipinski definition) is 0. The van der Waals surface area contributed by atoms with Crippen LogP contribution in [0.5, 0.6) is 0 Å². The first-order valence-electron chi connectivity index (χ1n) is 16.1. The summed E-state index contributed by atoms with van der Waals surface area (Å²) in [6.45, 7) is 4.68. The van der Waals surface area contributed by atoms with Crippen molar-refractivity contribution in [2.45, 2.75) is 19.3 Å². The Bertz CT molecular complexity index is 2700. The number of rotatable bonds is 3. The molecule has 9 aromatic rings. The maximum Gasteiger partial charge on any atom is 0.180 e. The van der Waals surface area contributed by atoms with Crippen LogP contribution in [0.2, 0.25) is 0 Å². The average Bonchev–Trinajstić information content (AvgIpc) is 3.74. The Labute approximate surface area is 271 Å². The third-order valence-corrected chi connectivity index (χ3v) is 10.0. The van der Waals surface area contributed by atoms with Crippen molar-refractivity contribution in [2.75, 3.05) is 0 Å². The molecule has 3 aromatic heterocycles. The smallest absolute Gasteiger partial charge is 0.180 e. The summed E-state index contributed by atoms with van der Waals surface area (Å²) >= 11 is 0. The lowest BCUT2D eigenvalue weighted by molar-refractivity contribution is 0.661. The zero-order valence-electron chi connectivity index (χ0n) is 26.0. The normalized spacial score (nSPS) is 13.5. The van der Waals surface area contributed by atoms with Crippen LogP contribution in [0.25, 0.3) is 83.3 Å². The van der Waals surface area contributed by atoms with Gasteiger partial charge in [-0.15, -0.1) is 0 Å². The zero-order valence-corrected chi connectivity index (χ0v) is 26.0. The highest BCUT2D eigenvalue weighted by Gasteiger charge is 2.37. The first-order chi connectivity index (χ1) is 23.1. The van der Waals surface area contributed by atoms with Gasteiger partial charge < -0.3 is 8.98 Å². The van der Waals surface area contributed by atoms with E-state index < -0.39 is 0 Å². The number of benzene rings is 6. The van der Waals surface area contributed by atoms with Gasteiger partial charge in [-0.3, -0.25) is 0 Å². The second-order valence-electron chi connectivity index (χ2n) is 13.0. The highest BCUT2D eigenvalue weighted by Crippen LogP contribution is 2.53. The minimum Gasteiger partial charge on any atom is -0.452 e. The molecular formula is C43H29N3O. The maximum absolute atomic E-state index is 6.70. The van der Waals surface area contributed by atoms with E-state index in [1.165, 1.54) is 44.1 Å². The van der Waals surface area contributed by atoms with Crippen molar-refractivity contribution in [1.29, 1.82) is 0 Å². The van der Waals surface area contributed by atoms with Crippen LogP contribution in [-0.2, 0) is 5.41 Å². The molecule has 0 aliphatic heterocycles. The summed E-state index contributed by atoms with van der Waals surface area (Å²) in [6, 6.07) is 49.2. The number of para-hydroxylation sites is 1. The molecule has 0 saturated heterocycles. The number of nitrogens with zero attached hydrogens (tertiary/aromatic N) is 3. The van der Waals surface area contributed by atoms with Gasteiger partial charge in [-0.1, -0.05) is 123 Å². The van der Waals surface area contributed by atoms with Crippen LogP contribution in [0.15, 0.2) is 144 Å². The van der Waals surface area contributed by atoms with E-state index in [9.17, 15) is 0 Å². The molecule has 0 spiro atoms. The second-order valence-corrected chi connectivity index (χ2v) is 13.0. The summed E-state index contributed by atoms with van der Waals surface area (Å²) in [7, 11) is 0. The lowest BCUT2D eigenvalue weighted by atomic mass is 9.82. The molecule has 4 heteroatoms. The fraction of sp³-hybridized carbons (Fsp3) is 0.0698. The van der Waals surface area contributed by atoms with Crippen molar-refractivity contribution in [3.05, 3.63) is 151 Å². The molecule has 0 bridgehead atoms. The average molecular weight is 604 g/mol. The quantitative estimate of drug-likeness (QED) is 0.202. The molecule has 0 radical (unpaired) electrons. The zero-order chi connectivity index (χ0) is 31.3. The Kier molecular flexibility index (Phi) is 5.31. The summed E-state index contributed by atoms with van der Waals surface area (Å²) in [5.41, 5.74) is 13.8. The number of hydrogen-bond acceptors (Lipinski definition) is 3. The molecule has 1 aliphatic carbocycles. The first kappa shape index (κ1) is 26.2. The summed E-state index contributed by atoms with van der Waals surface area (Å²) in [4.78, 5) is 10.1. The van der Waals surface area contributed by atoms with Crippen LogP contribution < -0.4 is 0 Å². The van der Waals surface area contributed by atoms with Crippen molar-refractivity contribution >= 4 is 43.9 Å². The predicted molar refractivity (Wildman–Crippen MR) is 192 cm³/mol. The van der Waals surface area contributed by atoms with E-state index in [0.29, 0.717) is 11.4 Å². The van der Waals surface area contributed by atoms with Crippen LogP contribution in [-0.4, -0.2) is 14.5 Å². The van der Waals surface area contributed by atoms with Crippen molar-refractivity contribution in [2.24, 2.45) is 0 Å². The lowest BCUT2D eigenvalue weighted by Gasteiger charge is -2.21. The summed E-state index contributed by atoms with van der Waals surface area (Å²) in [5.74, 6) is 0.684. The molecule has 0 unspecified atom stereocenters. The molecular weight excluding hydrogens is 574 g/mol. The Balaban J connectivity index is 1.25. The highest BCUT2D eigenvalue weighted by atomic mass is 16.3. The van der Waals surface area contributed by atoms with E-state index in [2.05, 4.69) is 122 Å². The van der Waals surface area contributed by atoms with Crippen LogP contribution in [0.4, 0.5) is 0 Å². The molecule has 0 atom stereocenters. The topological polar surface area (TPSA) is 43.9 Å². The number of furan rings is 1. The molecule has 3 heterocycles. The van der Waals surface area contributed by atoms with E-state index in [1.54, 1.807) is 0 Å². The molecule has 10 rings (SSSR count). The molecule has 6 aromatic carbocycles. The molecule has 0 saturated carbocycles. The molecule has 4 nitrogen and oxygen atoms in total.